The van der Waals surface area contributed by atoms with Crippen LogP contribution >= 0.6 is 11.8 Å². The van der Waals surface area contributed by atoms with E-state index < -0.39 is 5.25 Å². The van der Waals surface area contributed by atoms with Crippen molar-refractivity contribution < 1.29 is 9.59 Å². The molecule has 1 N–H and O–H groups in total. The SMILES string of the molecule is CC(=O)SC(Cc1ccccc1)C(=O)Nc1ccccc1. The fourth-order valence-electron chi connectivity index (χ4n) is 1.96. The van der Waals surface area contributed by atoms with Crippen LogP contribution in [0.5, 0.6) is 0 Å². The third kappa shape index (κ3) is 5.08. The van der Waals surface area contributed by atoms with Gasteiger partial charge in [0.2, 0.25) is 5.91 Å². The van der Waals surface area contributed by atoms with Gasteiger partial charge in [0, 0.05) is 12.6 Å². The van der Waals surface area contributed by atoms with Gasteiger partial charge in [0.15, 0.2) is 5.12 Å². The van der Waals surface area contributed by atoms with Gasteiger partial charge in [-0.2, -0.15) is 0 Å². The lowest BCUT2D eigenvalue weighted by molar-refractivity contribution is -0.116. The van der Waals surface area contributed by atoms with E-state index in [0.717, 1.165) is 23.0 Å². The summed E-state index contributed by atoms with van der Waals surface area (Å²) in [5, 5.41) is 2.37. The van der Waals surface area contributed by atoms with Crippen LogP contribution in [0.15, 0.2) is 60.7 Å². The molecule has 0 aromatic heterocycles. The van der Waals surface area contributed by atoms with E-state index in [9.17, 15) is 9.59 Å². The highest BCUT2D eigenvalue weighted by Crippen LogP contribution is 2.19. The lowest BCUT2D eigenvalue weighted by atomic mass is 10.1. The van der Waals surface area contributed by atoms with E-state index in [1.54, 1.807) is 0 Å². The first-order valence-electron chi connectivity index (χ1n) is 6.72. The number of para-hydroxylation sites is 1. The van der Waals surface area contributed by atoms with Gasteiger partial charge in [-0.3, -0.25) is 9.59 Å². The highest BCUT2D eigenvalue weighted by atomic mass is 32.2. The molecular weight excluding hydrogens is 282 g/mol. The zero-order valence-corrected chi connectivity index (χ0v) is 12.6. The molecule has 0 aliphatic heterocycles. The Morgan fingerprint density at radius 1 is 1.00 bits per heavy atom. The van der Waals surface area contributed by atoms with E-state index in [1.807, 2.05) is 60.7 Å². The molecule has 0 fully saturated rings. The average molecular weight is 299 g/mol. The van der Waals surface area contributed by atoms with Gasteiger partial charge in [0.05, 0.1) is 5.25 Å². The summed E-state index contributed by atoms with van der Waals surface area (Å²) in [7, 11) is 0. The Bertz CT molecular complexity index is 599. The topological polar surface area (TPSA) is 46.2 Å². The van der Waals surface area contributed by atoms with Crippen LogP contribution in [0, 0.1) is 0 Å². The van der Waals surface area contributed by atoms with Crippen LogP contribution in [0.4, 0.5) is 5.69 Å². The molecule has 0 bridgehead atoms. The van der Waals surface area contributed by atoms with Crippen LogP contribution in [0.25, 0.3) is 0 Å². The van der Waals surface area contributed by atoms with Gasteiger partial charge >= 0.3 is 0 Å². The fraction of sp³-hybridized carbons (Fsp3) is 0.176. The first-order valence-corrected chi connectivity index (χ1v) is 7.60. The van der Waals surface area contributed by atoms with Gasteiger partial charge in [-0.05, 0) is 24.1 Å². The second-order valence-electron chi connectivity index (χ2n) is 4.64. The molecule has 2 aromatic carbocycles. The molecule has 0 saturated heterocycles. The largest absolute Gasteiger partial charge is 0.325 e. The first kappa shape index (κ1) is 15.3. The number of benzene rings is 2. The molecule has 1 amide bonds. The molecular formula is C17H17NO2S. The smallest absolute Gasteiger partial charge is 0.238 e. The van der Waals surface area contributed by atoms with Gasteiger partial charge in [0.1, 0.15) is 0 Å². The number of carbonyl (C=O) groups excluding carboxylic acids is 2. The Morgan fingerprint density at radius 3 is 2.14 bits per heavy atom. The second-order valence-corrected chi connectivity index (χ2v) is 6.02. The maximum Gasteiger partial charge on any atom is 0.238 e. The minimum absolute atomic E-state index is 0.0563. The molecule has 0 saturated carbocycles. The van der Waals surface area contributed by atoms with E-state index in [4.69, 9.17) is 0 Å². The second kappa shape index (κ2) is 7.64. The zero-order valence-electron chi connectivity index (χ0n) is 11.8. The molecule has 1 unspecified atom stereocenters. The molecule has 0 aliphatic rings. The summed E-state index contributed by atoms with van der Waals surface area (Å²) in [6, 6.07) is 19.0. The quantitative estimate of drug-likeness (QED) is 0.919. The summed E-state index contributed by atoms with van der Waals surface area (Å²) in [5.41, 5.74) is 1.78. The van der Waals surface area contributed by atoms with Gasteiger partial charge in [-0.1, -0.05) is 60.3 Å². The van der Waals surface area contributed by atoms with E-state index >= 15 is 0 Å². The molecule has 108 valence electrons. The van der Waals surface area contributed by atoms with Crippen molar-refractivity contribution in [3.05, 3.63) is 66.2 Å². The summed E-state index contributed by atoms with van der Waals surface area (Å²) >= 11 is 1.07. The zero-order chi connectivity index (χ0) is 15.1. The Labute approximate surface area is 128 Å². The average Bonchev–Trinajstić information content (AvgIpc) is 2.48. The van der Waals surface area contributed by atoms with Crippen molar-refractivity contribution in [2.75, 3.05) is 5.32 Å². The van der Waals surface area contributed by atoms with Gasteiger partial charge in [-0.15, -0.1) is 0 Å². The molecule has 2 rings (SSSR count). The minimum Gasteiger partial charge on any atom is -0.325 e. The van der Waals surface area contributed by atoms with Crippen molar-refractivity contribution in [2.24, 2.45) is 0 Å². The van der Waals surface area contributed by atoms with Crippen molar-refractivity contribution in [1.29, 1.82) is 0 Å². The lowest BCUT2D eigenvalue weighted by Gasteiger charge is -2.15. The predicted molar refractivity (Wildman–Crippen MR) is 87.3 cm³/mol. The van der Waals surface area contributed by atoms with E-state index in [2.05, 4.69) is 5.32 Å². The number of hydrogen-bond acceptors (Lipinski definition) is 3. The van der Waals surface area contributed by atoms with Crippen LogP contribution in [0.2, 0.25) is 0 Å². The maximum absolute atomic E-state index is 12.4. The molecule has 0 heterocycles. The number of amides is 1. The highest BCUT2D eigenvalue weighted by molar-refractivity contribution is 8.14. The van der Waals surface area contributed by atoms with Crippen LogP contribution in [0.1, 0.15) is 12.5 Å². The number of anilines is 1. The Kier molecular flexibility index (Phi) is 5.58. The van der Waals surface area contributed by atoms with Crippen molar-refractivity contribution in [3.63, 3.8) is 0 Å². The number of thioether (sulfide) groups is 1. The standard InChI is InChI=1S/C17H17NO2S/c1-13(19)21-16(12-14-8-4-2-5-9-14)17(20)18-15-10-6-3-7-11-15/h2-11,16H,12H2,1H3,(H,18,20). The Hall–Kier alpha value is -2.07. The van der Waals surface area contributed by atoms with Gasteiger partial charge < -0.3 is 5.32 Å². The molecule has 2 aromatic rings. The van der Waals surface area contributed by atoms with Gasteiger partial charge in [-0.25, -0.2) is 0 Å². The lowest BCUT2D eigenvalue weighted by Crippen LogP contribution is -2.28. The fourth-order valence-corrected chi connectivity index (χ4v) is 2.80. The summed E-state index contributed by atoms with van der Waals surface area (Å²) < 4.78 is 0. The van der Waals surface area contributed by atoms with Crippen LogP contribution in [-0.4, -0.2) is 16.3 Å². The summed E-state index contributed by atoms with van der Waals surface area (Å²) in [6.07, 6.45) is 0.532. The van der Waals surface area contributed by atoms with Crippen molar-refractivity contribution >= 4 is 28.5 Å². The summed E-state index contributed by atoms with van der Waals surface area (Å²) in [5.74, 6) is -0.148. The third-order valence-electron chi connectivity index (χ3n) is 2.91. The third-order valence-corrected chi connectivity index (χ3v) is 3.90. The normalized spacial score (nSPS) is 11.7. The van der Waals surface area contributed by atoms with Crippen molar-refractivity contribution in [2.45, 2.75) is 18.6 Å². The van der Waals surface area contributed by atoms with Crippen LogP contribution < -0.4 is 5.32 Å². The number of nitrogens with one attached hydrogen (secondary N) is 1. The predicted octanol–water partition coefficient (Wildman–Crippen LogP) is 3.52. The van der Waals surface area contributed by atoms with Crippen molar-refractivity contribution in [1.82, 2.24) is 0 Å². The van der Waals surface area contributed by atoms with E-state index in [1.165, 1.54) is 6.92 Å². The summed E-state index contributed by atoms with van der Waals surface area (Å²) in [6.45, 7) is 1.48. The van der Waals surface area contributed by atoms with Gasteiger partial charge in [0.25, 0.3) is 0 Å². The number of rotatable bonds is 5. The molecule has 3 nitrogen and oxygen atoms in total. The molecule has 0 radical (unpaired) electrons. The Morgan fingerprint density at radius 2 is 1.57 bits per heavy atom. The highest BCUT2D eigenvalue weighted by Gasteiger charge is 2.21. The molecule has 4 heteroatoms. The monoisotopic (exact) mass is 299 g/mol. The first-order chi connectivity index (χ1) is 10.1. The Balaban J connectivity index is 2.08. The minimum atomic E-state index is -0.426. The van der Waals surface area contributed by atoms with Crippen molar-refractivity contribution in [3.8, 4) is 0 Å². The molecule has 21 heavy (non-hydrogen) atoms. The van der Waals surface area contributed by atoms with E-state index in [0.29, 0.717) is 6.42 Å². The number of hydrogen-bond donors (Lipinski definition) is 1. The molecule has 1 atom stereocenters. The molecule has 0 spiro atoms. The summed E-state index contributed by atoms with van der Waals surface area (Å²) in [4.78, 5) is 23.8. The van der Waals surface area contributed by atoms with Crippen LogP contribution in [0.3, 0.4) is 0 Å². The maximum atomic E-state index is 12.4. The van der Waals surface area contributed by atoms with Crippen LogP contribution in [-0.2, 0) is 16.0 Å². The van der Waals surface area contributed by atoms with E-state index in [-0.39, 0.29) is 11.0 Å². The molecule has 0 aliphatic carbocycles. The number of carbonyl (C=O) groups is 2.